The van der Waals surface area contributed by atoms with E-state index in [1.54, 1.807) is 11.3 Å². The van der Waals surface area contributed by atoms with Crippen LogP contribution in [0.4, 0.5) is 4.39 Å². The van der Waals surface area contributed by atoms with E-state index >= 15 is 0 Å². The van der Waals surface area contributed by atoms with Crippen molar-refractivity contribution in [3.05, 3.63) is 50.7 Å². The summed E-state index contributed by atoms with van der Waals surface area (Å²) >= 11 is 7.43. The fraction of sp³-hybridized carbons (Fsp3) is 0.286. The van der Waals surface area contributed by atoms with E-state index in [9.17, 15) is 9.18 Å². The average Bonchev–Trinajstić information content (AvgIpc) is 2.80. The highest BCUT2D eigenvalue weighted by molar-refractivity contribution is 7.09. The zero-order valence-electron chi connectivity index (χ0n) is 11.0. The lowest BCUT2D eigenvalue weighted by Crippen LogP contribution is -2.26. The number of benzene rings is 1. The van der Waals surface area contributed by atoms with Crippen LogP contribution >= 0.6 is 22.9 Å². The van der Waals surface area contributed by atoms with E-state index in [0.29, 0.717) is 6.54 Å². The topological polar surface area (TPSA) is 42.0 Å². The molecule has 106 valence electrons. The third-order valence-electron chi connectivity index (χ3n) is 2.71. The van der Waals surface area contributed by atoms with Crippen molar-refractivity contribution in [3.8, 4) is 0 Å². The smallest absolute Gasteiger partial charge is 0.255 e. The summed E-state index contributed by atoms with van der Waals surface area (Å²) in [5, 5.41) is 5.83. The molecule has 1 amide bonds. The van der Waals surface area contributed by atoms with Gasteiger partial charge in [-0.2, -0.15) is 0 Å². The highest BCUT2D eigenvalue weighted by Gasteiger charge is 2.14. The van der Waals surface area contributed by atoms with Crippen LogP contribution in [0.3, 0.4) is 0 Å². The number of amides is 1. The first-order valence-corrected chi connectivity index (χ1v) is 7.47. The van der Waals surface area contributed by atoms with Crippen molar-refractivity contribution in [1.29, 1.82) is 0 Å². The van der Waals surface area contributed by atoms with Gasteiger partial charge in [-0.15, -0.1) is 11.3 Å². The average molecular weight is 313 g/mol. The second-order valence-corrected chi connectivity index (χ2v) is 5.69. The van der Waals surface area contributed by atoms with Gasteiger partial charge < -0.3 is 5.32 Å². The summed E-state index contributed by atoms with van der Waals surface area (Å²) in [6, 6.07) is 4.19. The highest BCUT2D eigenvalue weighted by atomic mass is 35.5. The van der Waals surface area contributed by atoms with Crippen LogP contribution in [0.25, 0.3) is 0 Å². The Kier molecular flexibility index (Phi) is 5.09. The molecule has 0 atom stereocenters. The van der Waals surface area contributed by atoms with Gasteiger partial charge >= 0.3 is 0 Å². The second kappa shape index (κ2) is 6.81. The lowest BCUT2D eigenvalue weighted by atomic mass is 10.2. The molecular formula is C14H14ClFN2OS. The molecule has 20 heavy (non-hydrogen) atoms. The van der Waals surface area contributed by atoms with Gasteiger partial charge in [0, 0.05) is 24.0 Å². The normalized spacial score (nSPS) is 10.6. The summed E-state index contributed by atoms with van der Waals surface area (Å²) < 4.78 is 13.5. The van der Waals surface area contributed by atoms with E-state index < -0.39 is 11.7 Å². The highest BCUT2D eigenvalue weighted by Crippen LogP contribution is 2.18. The summed E-state index contributed by atoms with van der Waals surface area (Å²) in [6.45, 7) is 2.41. The van der Waals surface area contributed by atoms with Crippen molar-refractivity contribution in [2.24, 2.45) is 0 Å². The Hall–Kier alpha value is -1.46. The molecule has 0 saturated heterocycles. The van der Waals surface area contributed by atoms with E-state index in [-0.39, 0.29) is 10.6 Å². The fourth-order valence-electron chi connectivity index (χ4n) is 1.76. The first-order valence-electron chi connectivity index (χ1n) is 6.21. The van der Waals surface area contributed by atoms with Gasteiger partial charge in [0.05, 0.1) is 15.6 Å². The Labute approximate surface area is 125 Å². The van der Waals surface area contributed by atoms with E-state index in [1.807, 2.05) is 12.3 Å². The van der Waals surface area contributed by atoms with Gasteiger partial charge in [0.25, 0.3) is 5.91 Å². The van der Waals surface area contributed by atoms with Crippen LogP contribution in [-0.4, -0.2) is 17.4 Å². The number of aryl methyl sites for hydroxylation is 2. The molecule has 1 N–H and O–H groups in total. The maximum atomic E-state index is 13.5. The van der Waals surface area contributed by atoms with Gasteiger partial charge in [-0.3, -0.25) is 4.79 Å². The molecule has 1 aromatic carbocycles. The third-order valence-corrected chi connectivity index (χ3v) is 4.05. The minimum Gasteiger partial charge on any atom is -0.352 e. The largest absolute Gasteiger partial charge is 0.352 e. The van der Waals surface area contributed by atoms with E-state index in [1.165, 1.54) is 18.2 Å². The van der Waals surface area contributed by atoms with Gasteiger partial charge in [0.15, 0.2) is 0 Å². The third kappa shape index (κ3) is 3.77. The lowest BCUT2D eigenvalue weighted by molar-refractivity contribution is 0.0949. The molecule has 0 saturated carbocycles. The summed E-state index contributed by atoms with van der Waals surface area (Å²) in [7, 11) is 0. The SMILES string of the molecule is Cc1csc(CCCNC(=O)c2c(F)cccc2Cl)n1. The molecule has 0 unspecified atom stereocenters. The van der Waals surface area contributed by atoms with Crippen LogP contribution in [0.2, 0.25) is 5.02 Å². The fourth-order valence-corrected chi connectivity index (χ4v) is 2.83. The monoisotopic (exact) mass is 312 g/mol. The van der Waals surface area contributed by atoms with Crippen LogP contribution in [0.15, 0.2) is 23.6 Å². The molecular weight excluding hydrogens is 299 g/mol. The molecule has 0 aliphatic rings. The molecule has 0 aliphatic heterocycles. The van der Waals surface area contributed by atoms with Gasteiger partial charge in [0.1, 0.15) is 5.82 Å². The molecule has 2 rings (SSSR count). The summed E-state index contributed by atoms with van der Waals surface area (Å²) in [5.74, 6) is -1.09. The quantitative estimate of drug-likeness (QED) is 0.857. The van der Waals surface area contributed by atoms with Crippen LogP contribution in [0.5, 0.6) is 0 Å². The van der Waals surface area contributed by atoms with Gasteiger partial charge in [-0.1, -0.05) is 17.7 Å². The minimum atomic E-state index is -0.606. The zero-order chi connectivity index (χ0) is 14.5. The zero-order valence-corrected chi connectivity index (χ0v) is 12.5. The summed E-state index contributed by atoms with van der Waals surface area (Å²) in [5.41, 5.74) is 0.909. The van der Waals surface area contributed by atoms with Crippen molar-refractivity contribution in [3.63, 3.8) is 0 Å². The van der Waals surface area contributed by atoms with Crippen LogP contribution in [0, 0.1) is 12.7 Å². The molecule has 0 spiro atoms. The Morgan fingerprint density at radius 3 is 2.95 bits per heavy atom. The number of nitrogens with one attached hydrogen (secondary N) is 1. The second-order valence-electron chi connectivity index (χ2n) is 4.34. The van der Waals surface area contributed by atoms with E-state index in [0.717, 1.165) is 23.5 Å². The number of hydrogen-bond donors (Lipinski definition) is 1. The summed E-state index contributed by atoms with van der Waals surface area (Å²) in [6.07, 6.45) is 1.55. The molecule has 3 nitrogen and oxygen atoms in total. The predicted molar refractivity (Wildman–Crippen MR) is 78.9 cm³/mol. The standard InChI is InChI=1S/C14H14ClFN2OS/c1-9-8-20-12(18-9)6-3-7-17-14(19)13-10(15)4-2-5-11(13)16/h2,4-5,8H,3,6-7H2,1H3,(H,17,19). The number of carbonyl (C=O) groups is 1. The van der Waals surface area contributed by atoms with Gasteiger partial charge in [-0.05, 0) is 25.5 Å². The molecule has 1 aromatic heterocycles. The molecule has 0 fully saturated rings. The first kappa shape index (κ1) is 14.9. The van der Waals surface area contributed by atoms with E-state index in [4.69, 9.17) is 11.6 Å². The van der Waals surface area contributed by atoms with Gasteiger partial charge in [-0.25, -0.2) is 9.37 Å². The Bertz CT molecular complexity index is 595. The van der Waals surface area contributed by atoms with Crippen LogP contribution in [0.1, 0.15) is 27.5 Å². The molecule has 0 radical (unpaired) electrons. The number of carbonyl (C=O) groups excluding carboxylic acids is 1. The van der Waals surface area contributed by atoms with E-state index in [2.05, 4.69) is 10.3 Å². The molecule has 0 aliphatic carbocycles. The van der Waals surface area contributed by atoms with Crippen LogP contribution in [-0.2, 0) is 6.42 Å². The maximum Gasteiger partial charge on any atom is 0.255 e. The Balaban J connectivity index is 1.83. The number of thiazole rings is 1. The number of nitrogens with zero attached hydrogens (tertiary/aromatic N) is 1. The van der Waals surface area contributed by atoms with Crippen molar-refractivity contribution in [2.45, 2.75) is 19.8 Å². The molecule has 6 heteroatoms. The molecule has 1 heterocycles. The molecule has 0 bridgehead atoms. The molecule has 2 aromatic rings. The number of aromatic nitrogens is 1. The first-order chi connectivity index (χ1) is 9.58. The lowest BCUT2D eigenvalue weighted by Gasteiger charge is -2.07. The van der Waals surface area contributed by atoms with Crippen molar-refractivity contribution >= 4 is 28.8 Å². The number of rotatable bonds is 5. The predicted octanol–water partition coefficient (Wildman–Crippen LogP) is 3.61. The summed E-state index contributed by atoms with van der Waals surface area (Å²) in [4.78, 5) is 16.2. The van der Waals surface area contributed by atoms with Crippen molar-refractivity contribution < 1.29 is 9.18 Å². The van der Waals surface area contributed by atoms with Gasteiger partial charge in [0.2, 0.25) is 0 Å². The number of hydrogen-bond acceptors (Lipinski definition) is 3. The Morgan fingerprint density at radius 1 is 1.50 bits per heavy atom. The van der Waals surface area contributed by atoms with Crippen molar-refractivity contribution in [1.82, 2.24) is 10.3 Å². The maximum absolute atomic E-state index is 13.5. The number of halogens is 2. The Morgan fingerprint density at radius 2 is 2.30 bits per heavy atom. The van der Waals surface area contributed by atoms with Crippen molar-refractivity contribution in [2.75, 3.05) is 6.54 Å². The minimum absolute atomic E-state index is 0.0979. The van der Waals surface area contributed by atoms with Crippen LogP contribution < -0.4 is 5.32 Å².